The van der Waals surface area contributed by atoms with E-state index in [-0.39, 0.29) is 12.0 Å². The highest BCUT2D eigenvalue weighted by Gasteiger charge is 2.20. The highest BCUT2D eigenvalue weighted by atomic mass is 16.3. The van der Waals surface area contributed by atoms with Crippen LogP contribution >= 0.6 is 0 Å². The summed E-state index contributed by atoms with van der Waals surface area (Å²) in [5.74, 6) is 0.165. The van der Waals surface area contributed by atoms with E-state index in [1.807, 2.05) is 35.2 Å². The standard InChI is InChI=1S/C13H17NO2/c15-12-6-8-14(9-7-12)13(16)10-11-4-2-1-3-5-11/h1-5,12,15H,6-10H2. The Labute approximate surface area is 95.7 Å². The highest BCUT2D eigenvalue weighted by Crippen LogP contribution is 2.11. The first-order valence-electron chi connectivity index (χ1n) is 5.75. The lowest BCUT2D eigenvalue weighted by Gasteiger charge is -2.29. The fourth-order valence-corrected chi connectivity index (χ4v) is 2.00. The van der Waals surface area contributed by atoms with E-state index in [4.69, 9.17) is 0 Å². The molecule has 1 aromatic rings. The fourth-order valence-electron chi connectivity index (χ4n) is 2.00. The number of aliphatic hydroxyl groups is 1. The van der Waals surface area contributed by atoms with E-state index in [9.17, 15) is 9.90 Å². The predicted molar refractivity (Wildman–Crippen MR) is 62.0 cm³/mol. The van der Waals surface area contributed by atoms with E-state index in [1.165, 1.54) is 0 Å². The van der Waals surface area contributed by atoms with Crippen molar-refractivity contribution in [2.75, 3.05) is 13.1 Å². The number of benzene rings is 1. The van der Waals surface area contributed by atoms with Crippen LogP contribution in [-0.4, -0.2) is 35.1 Å². The minimum absolute atomic E-state index is 0.165. The molecule has 0 aliphatic carbocycles. The third kappa shape index (κ3) is 2.83. The van der Waals surface area contributed by atoms with E-state index in [2.05, 4.69) is 0 Å². The maximum Gasteiger partial charge on any atom is 0.226 e. The Morgan fingerprint density at radius 3 is 2.50 bits per heavy atom. The van der Waals surface area contributed by atoms with E-state index >= 15 is 0 Å². The van der Waals surface area contributed by atoms with Crippen molar-refractivity contribution in [3.63, 3.8) is 0 Å². The molecule has 2 rings (SSSR count). The summed E-state index contributed by atoms with van der Waals surface area (Å²) >= 11 is 0. The Bertz CT molecular complexity index is 342. The van der Waals surface area contributed by atoms with Crippen molar-refractivity contribution in [3.8, 4) is 0 Å². The molecule has 0 saturated carbocycles. The number of hydrogen-bond acceptors (Lipinski definition) is 2. The molecule has 0 aromatic heterocycles. The third-order valence-corrected chi connectivity index (χ3v) is 3.02. The topological polar surface area (TPSA) is 40.5 Å². The second-order valence-electron chi connectivity index (χ2n) is 4.27. The molecule has 1 N–H and O–H groups in total. The van der Waals surface area contributed by atoms with Gasteiger partial charge in [0.1, 0.15) is 0 Å². The van der Waals surface area contributed by atoms with Crippen molar-refractivity contribution in [2.24, 2.45) is 0 Å². The van der Waals surface area contributed by atoms with Crippen molar-refractivity contribution in [1.82, 2.24) is 4.90 Å². The summed E-state index contributed by atoms with van der Waals surface area (Å²) in [5, 5.41) is 9.36. The minimum Gasteiger partial charge on any atom is -0.393 e. The van der Waals surface area contributed by atoms with Crippen LogP contribution in [0.2, 0.25) is 0 Å². The summed E-state index contributed by atoms with van der Waals surface area (Å²) < 4.78 is 0. The third-order valence-electron chi connectivity index (χ3n) is 3.02. The van der Waals surface area contributed by atoms with Crippen molar-refractivity contribution < 1.29 is 9.90 Å². The molecule has 1 fully saturated rings. The van der Waals surface area contributed by atoms with Gasteiger partial charge in [0, 0.05) is 13.1 Å². The summed E-state index contributed by atoms with van der Waals surface area (Å²) in [6.45, 7) is 1.37. The second-order valence-corrected chi connectivity index (χ2v) is 4.27. The predicted octanol–water partition coefficient (Wildman–Crippen LogP) is 1.21. The maximum absolute atomic E-state index is 11.9. The van der Waals surface area contributed by atoms with Gasteiger partial charge in [-0.05, 0) is 18.4 Å². The van der Waals surface area contributed by atoms with Crippen LogP contribution in [0, 0.1) is 0 Å². The largest absolute Gasteiger partial charge is 0.393 e. The number of nitrogens with zero attached hydrogens (tertiary/aromatic N) is 1. The van der Waals surface area contributed by atoms with Crippen molar-refractivity contribution >= 4 is 5.91 Å². The van der Waals surface area contributed by atoms with Crippen LogP contribution in [0.5, 0.6) is 0 Å². The monoisotopic (exact) mass is 219 g/mol. The Morgan fingerprint density at radius 2 is 1.88 bits per heavy atom. The minimum atomic E-state index is -0.222. The molecule has 0 bridgehead atoms. The zero-order valence-electron chi connectivity index (χ0n) is 9.30. The molecule has 1 amide bonds. The molecule has 0 radical (unpaired) electrons. The second kappa shape index (κ2) is 5.12. The van der Waals surface area contributed by atoms with Gasteiger partial charge in [-0.3, -0.25) is 4.79 Å². The summed E-state index contributed by atoms with van der Waals surface area (Å²) in [7, 11) is 0. The average Bonchev–Trinajstić information content (AvgIpc) is 2.31. The zero-order valence-corrected chi connectivity index (χ0v) is 9.30. The summed E-state index contributed by atoms with van der Waals surface area (Å²) in [6.07, 6.45) is 1.67. The number of carbonyl (C=O) groups is 1. The van der Waals surface area contributed by atoms with Crippen LogP contribution < -0.4 is 0 Å². The zero-order chi connectivity index (χ0) is 11.4. The molecule has 1 aliphatic rings. The number of aliphatic hydroxyl groups excluding tert-OH is 1. The molecule has 16 heavy (non-hydrogen) atoms. The van der Waals surface area contributed by atoms with Gasteiger partial charge < -0.3 is 10.0 Å². The van der Waals surface area contributed by atoms with Gasteiger partial charge in [0.05, 0.1) is 12.5 Å². The Kier molecular flexibility index (Phi) is 3.57. The molecule has 3 nitrogen and oxygen atoms in total. The van der Waals surface area contributed by atoms with Crippen LogP contribution in [0.4, 0.5) is 0 Å². The van der Waals surface area contributed by atoms with Gasteiger partial charge in [0.15, 0.2) is 0 Å². The first kappa shape index (κ1) is 11.1. The highest BCUT2D eigenvalue weighted by molar-refractivity contribution is 5.78. The Balaban J connectivity index is 1.89. The van der Waals surface area contributed by atoms with Gasteiger partial charge in [0.2, 0.25) is 5.91 Å². The van der Waals surface area contributed by atoms with Gasteiger partial charge >= 0.3 is 0 Å². The first-order chi connectivity index (χ1) is 7.75. The molecule has 0 atom stereocenters. The van der Waals surface area contributed by atoms with E-state index in [1.54, 1.807) is 0 Å². The normalized spacial score (nSPS) is 17.4. The van der Waals surface area contributed by atoms with Gasteiger partial charge in [-0.25, -0.2) is 0 Å². The van der Waals surface area contributed by atoms with Crippen molar-refractivity contribution in [1.29, 1.82) is 0 Å². The van der Waals surface area contributed by atoms with Crippen LogP contribution in [0.1, 0.15) is 18.4 Å². The van der Waals surface area contributed by atoms with E-state index < -0.39 is 0 Å². The van der Waals surface area contributed by atoms with Gasteiger partial charge in [0.25, 0.3) is 0 Å². The number of piperidine rings is 1. The molecule has 86 valence electrons. The lowest BCUT2D eigenvalue weighted by atomic mass is 10.1. The SMILES string of the molecule is O=C(Cc1ccccc1)N1CCC(O)CC1. The molecule has 1 aliphatic heterocycles. The smallest absolute Gasteiger partial charge is 0.226 e. The molecule has 1 aromatic carbocycles. The summed E-state index contributed by atoms with van der Waals surface area (Å²) in [6, 6.07) is 9.78. The lowest BCUT2D eigenvalue weighted by molar-refractivity contribution is -0.132. The van der Waals surface area contributed by atoms with Crippen LogP contribution in [0.15, 0.2) is 30.3 Å². The van der Waals surface area contributed by atoms with Crippen LogP contribution in [0.25, 0.3) is 0 Å². The fraction of sp³-hybridized carbons (Fsp3) is 0.462. The van der Waals surface area contributed by atoms with E-state index in [0.29, 0.717) is 32.4 Å². The van der Waals surface area contributed by atoms with Gasteiger partial charge in [-0.2, -0.15) is 0 Å². The lowest BCUT2D eigenvalue weighted by Crippen LogP contribution is -2.40. The number of rotatable bonds is 2. The molecular weight excluding hydrogens is 202 g/mol. The summed E-state index contributed by atoms with van der Waals surface area (Å²) in [5.41, 5.74) is 1.05. The number of amides is 1. The molecular formula is C13H17NO2. The molecule has 3 heteroatoms. The molecule has 1 heterocycles. The summed E-state index contributed by atoms with van der Waals surface area (Å²) in [4.78, 5) is 13.8. The number of carbonyl (C=O) groups excluding carboxylic acids is 1. The quantitative estimate of drug-likeness (QED) is 0.812. The first-order valence-corrected chi connectivity index (χ1v) is 5.75. The number of hydrogen-bond donors (Lipinski definition) is 1. The Hall–Kier alpha value is -1.35. The van der Waals surface area contributed by atoms with Gasteiger partial charge in [-0.15, -0.1) is 0 Å². The van der Waals surface area contributed by atoms with Crippen LogP contribution in [-0.2, 0) is 11.2 Å². The maximum atomic E-state index is 11.9. The number of likely N-dealkylation sites (tertiary alicyclic amines) is 1. The van der Waals surface area contributed by atoms with Crippen LogP contribution in [0.3, 0.4) is 0 Å². The van der Waals surface area contributed by atoms with Gasteiger partial charge in [-0.1, -0.05) is 30.3 Å². The Morgan fingerprint density at radius 1 is 1.25 bits per heavy atom. The average molecular weight is 219 g/mol. The van der Waals surface area contributed by atoms with E-state index in [0.717, 1.165) is 5.56 Å². The van der Waals surface area contributed by atoms with Crippen molar-refractivity contribution in [3.05, 3.63) is 35.9 Å². The molecule has 1 saturated heterocycles. The molecule has 0 unspecified atom stereocenters. The molecule has 0 spiro atoms. The van der Waals surface area contributed by atoms with Crippen molar-refractivity contribution in [2.45, 2.75) is 25.4 Å².